The van der Waals surface area contributed by atoms with Gasteiger partial charge in [0.25, 0.3) is 5.91 Å². The lowest BCUT2D eigenvalue weighted by Crippen LogP contribution is -2.42. The molecule has 0 spiro atoms. The summed E-state index contributed by atoms with van der Waals surface area (Å²) in [5.74, 6) is -1.81. The van der Waals surface area contributed by atoms with Crippen LogP contribution in [0.15, 0.2) is 58.0 Å². The summed E-state index contributed by atoms with van der Waals surface area (Å²) in [6.07, 6.45) is 2.10. The van der Waals surface area contributed by atoms with Gasteiger partial charge in [-0.05, 0) is 56.2 Å². The maximum atomic E-state index is 13.7. The zero-order valence-corrected chi connectivity index (χ0v) is 17.2. The predicted octanol–water partition coefficient (Wildman–Crippen LogP) is 4.09. The van der Waals surface area contributed by atoms with Crippen LogP contribution in [-0.4, -0.2) is 17.5 Å². The Hall–Kier alpha value is -4.01. The van der Waals surface area contributed by atoms with Crippen molar-refractivity contribution in [3.8, 4) is 0 Å². The third-order valence-electron chi connectivity index (χ3n) is 5.10. The maximum Gasteiger partial charge on any atom is 0.305 e. The highest BCUT2D eigenvalue weighted by molar-refractivity contribution is 6.07. The molecule has 1 aromatic heterocycles. The van der Waals surface area contributed by atoms with Gasteiger partial charge >= 0.3 is 5.91 Å². The topological polar surface area (TPSA) is 95.7 Å². The molecule has 4 rings (SSSR count). The van der Waals surface area contributed by atoms with E-state index < -0.39 is 17.6 Å². The first-order valence-corrected chi connectivity index (χ1v) is 10.00. The summed E-state index contributed by atoms with van der Waals surface area (Å²) in [5.41, 5.74) is 9.82. The van der Waals surface area contributed by atoms with Crippen LogP contribution in [0.5, 0.6) is 0 Å². The minimum Gasteiger partial charge on any atom is -0.455 e. The van der Waals surface area contributed by atoms with Gasteiger partial charge in [0.15, 0.2) is 5.76 Å². The molecule has 9 heteroatoms. The van der Waals surface area contributed by atoms with Gasteiger partial charge in [0.05, 0.1) is 17.0 Å². The van der Waals surface area contributed by atoms with Crippen LogP contribution >= 0.6 is 0 Å². The Bertz CT molecular complexity index is 1200. The van der Waals surface area contributed by atoms with E-state index in [1.165, 1.54) is 30.3 Å². The van der Waals surface area contributed by atoms with E-state index in [0.29, 0.717) is 35.6 Å². The lowest BCUT2D eigenvalue weighted by molar-refractivity contribution is 0.0827. The summed E-state index contributed by atoms with van der Waals surface area (Å²) in [6, 6.07) is 11.3. The number of nitrogens with zero attached hydrogens (tertiary/aromatic N) is 1. The molecule has 0 radical (unpaired) electrons. The fraction of sp³-hybridized carbons (Fsp3) is 0.174. The molecule has 2 aromatic carbocycles. The molecule has 7 nitrogen and oxygen atoms in total. The molecule has 3 aromatic rings. The Morgan fingerprint density at radius 3 is 2.44 bits per heavy atom. The van der Waals surface area contributed by atoms with Gasteiger partial charge in [0.1, 0.15) is 17.4 Å². The number of anilines is 1. The number of hydrazine groups is 1. The number of aryl methyl sites for hydroxylation is 1. The van der Waals surface area contributed by atoms with Crippen molar-refractivity contribution >= 4 is 23.2 Å². The number of halogens is 2. The molecular weight excluding hydrogens is 418 g/mol. The number of hydrogen-bond donors (Lipinski definition) is 3. The molecule has 32 heavy (non-hydrogen) atoms. The number of carbonyl (C=O) groups is 2. The second-order valence-corrected chi connectivity index (χ2v) is 7.27. The smallest absolute Gasteiger partial charge is 0.305 e. The van der Waals surface area contributed by atoms with Gasteiger partial charge in [0, 0.05) is 17.5 Å². The standard InChI is InChI=1S/C23H20F2N4O3/c1-13-20-18(27-26-15-11-9-14(24)10-12-15)7-4-8-19(20)32-21(13)23(31)29-28-22(30)16-5-2-3-6-17(16)25/h2-3,5-6,9-12,26H,4,7-8H2,1H3,(H,28,30)(H,29,31)/b27-18+. The molecule has 1 heterocycles. The van der Waals surface area contributed by atoms with Gasteiger partial charge in [-0.2, -0.15) is 5.10 Å². The zero-order valence-electron chi connectivity index (χ0n) is 17.2. The molecule has 0 bridgehead atoms. The highest BCUT2D eigenvalue weighted by Gasteiger charge is 2.28. The Balaban J connectivity index is 1.50. The van der Waals surface area contributed by atoms with Crippen LogP contribution in [0.25, 0.3) is 0 Å². The van der Waals surface area contributed by atoms with E-state index in [1.54, 1.807) is 19.1 Å². The van der Waals surface area contributed by atoms with Gasteiger partial charge < -0.3 is 4.42 Å². The Morgan fingerprint density at radius 1 is 0.969 bits per heavy atom. The van der Waals surface area contributed by atoms with Gasteiger partial charge in [-0.3, -0.25) is 25.9 Å². The van der Waals surface area contributed by atoms with Crippen LogP contribution in [0.4, 0.5) is 14.5 Å². The fourth-order valence-corrected chi connectivity index (χ4v) is 3.54. The van der Waals surface area contributed by atoms with E-state index in [4.69, 9.17) is 4.42 Å². The van der Waals surface area contributed by atoms with Crippen molar-refractivity contribution in [3.05, 3.63) is 88.4 Å². The monoisotopic (exact) mass is 438 g/mol. The van der Waals surface area contributed by atoms with Crippen LogP contribution in [0.3, 0.4) is 0 Å². The summed E-state index contributed by atoms with van der Waals surface area (Å²) in [5, 5.41) is 4.42. The van der Waals surface area contributed by atoms with E-state index in [-0.39, 0.29) is 17.1 Å². The van der Waals surface area contributed by atoms with Crippen molar-refractivity contribution in [3.63, 3.8) is 0 Å². The number of nitrogens with one attached hydrogen (secondary N) is 3. The second kappa shape index (κ2) is 9.01. The number of fused-ring (bicyclic) bond motifs is 1. The fourth-order valence-electron chi connectivity index (χ4n) is 3.54. The largest absolute Gasteiger partial charge is 0.455 e. The number of carbonyl (C=O) groups excluding carboxylic acids is 2. The molecule has 0 saturated carbocycles. The lowest BCUT2D eigenvalue weighted by atomic mass is 9.93. The Kier molecular flexibility index (Phi) is 5.98. The average Bonchev–Trinajstić information content (AvgIpc) is 3.14. The van der Waals surface area contributed by atoms with Crippen LogP contribution in [0.1, 0.15) is 50.6 Å². The summed E-state index contributed by atoms with van der Waals surface area (Å²) in [7, 11) is 0. The van der Waals surface area contributed by atoms with E-state index >= 15 is 0 Å². The molecule has 164 valence electrons. The Labute approximate surface area is 182 Å². The van der Waals surface area contributed by atoms with E-state index in [9.17, 15) is 18.4 Å². The first-order chi connectivity index (χ1) is 15.4. The van der Waals surface area contributed by atoms with Gasteiger partial charge in [-0.1, -0.05) is 12.1 Å². The maximum absolute atomic E-state index is 13.7. The minimum atomic E-state index is -0.781. The number of benzene rings is 2. The molecular formula is C23H20F2N4O3. The molecule has 0 aliphatic heterocycles. The van der Waals surface area contributed by atoms with Crippen molar-refractivity contribution in [1.29, 1.82) is 0 Å². The molecule has 0 saturated heterocycles. The van der Waals surface area contributed by atoms with Gasteiger partial charge in [-0.15, -0.1) is 0 Å². The SMILES string of the molecule is Cc1c(C(=O)NNC(=O)c2ccccc2F)oc2c1/C(=N/Nc1ccc(F)cc1)CCC2. The predicted molar refractivity (Wildman–Crippen MR) is 114 cm³/mol. The number of rotatable bonds is 4. The molecule has 2 amide bonds. The highest BCUT2D eigenvalue weighted by atomic mass is 19.1. The van der Waals surface area contributed by atoms with Crippen LogP contribution < -0.4 is 16.3 Å². The molecule has 0 unspecified atom stereocenters. The summed E-state index contributed by atoms with van der Waals surface area (Å²) in [4.78, 5) is 24.7. The molecule has 0 fully saturated rings. The van der Waals surface area contributed by atoms with Gasteiger partial charge in [0.2, 0.25) is 0 Å². The number of hydrogen-bond acceptors (Lipinski definition) is 5. The van der Waals surface area contributed by atoms with Crippen molar-refractivity contribution < 1.29 is 22.8 Å². The average molecular weight is 438 g/mol. The number of amides is 2. The molecule has 0 atom stereocenters. The van der Waals surface area contributed by atoms with Crippen LogP contribution in [-0.2, 0) is 6.42 Å². The molecule has 1 aliphatic carbocycles. The third-order valence-corrected chi connectivity index (χ3v) is 5.10. The second-order valence-electron chi connectivity index (χ2n) is 7.27. The quantitative estimate of drug-likeness (QED) is 0.535. The normalized spacial score (nSPS) is 14.0. The molecule has 1 aliphatic rings. The van der Waals surface area contributed by atoms with Crippen molar-refractivity contribution in [2.45, 2.75) is 26.2 Å². The van der Waals surface area contributed by atoms with E-state index in [1.807, 2.05) is 0 Å². The zero-order chi connectivity index (χ0) is 22.7. The van der Waals surface area contributed by atoms with Gasteiger partial charge in [-0.25, -0.2) is 8.78 Å². The van der Waals surface area contributed by atoms with Crippen molar-refractivity contribution in [2.24, 2.45) is 5.10 Å². The van der Waals surface area contributed by atoms with Crippen LogP contribution in [0.2, 0.25) is 0 Å². The van der Waals surface area contributed by atoms with E-state index in [0.717, 1.165) is 18.1 Å². The van der Waals surface area contributed by atoms with E-state index in [2.05, 4.69) is 21.4 Å². The summed E-state index contributed by atoms with van der Waals surface area (Å²) < 4.78 is 32.6. The number of hydrazone groups is 1. The first-order valence-electron chi connectivity index (χ1n) is 10.00. The first kappa shape index (κ1) is 21.2. The van der Waals surface area contributed by atoms with Crippen LogP contribution in [0, 0.1) is 18.6 Å². The Morgan fingerprint density at radius 2 is 1.69 bits per heavy atom. The summed E-state index contributed by atoms with van der Waals surface area (Å²) >= 11 is 0. The minimum absolute atomic E-state index is 0.0419. The van der Waals surface area contributed by atoms with Crippen molar-refractivity contribution in [1.82, 2.24) is 10.9 Å². The molecule has 3 N–H and O–H groups in total. The lowest BCUT2D eigenvalue weighted by Gasteiger charge is -2.13. The summed E-state index contributed by atoms with van der Waals surface area (Å²) in [6.45, 7) is 1.73. The van der Waals surface area contributed by atoms with Crippen molar-refractivity contribution in [2.75, 3.05) is 5.43 Å². The third kappa shape index (κ3) is 4.36. The highest BCUT2D eigenvalue weighted by Crippen LogP contribution is 2.30. The number of furan rings is 1.